The highest BCUT2D eigenvalue weighted by Crippen LogP contribution is 2.35. The lowest BCUT2D eigenvalue weighted by Gasteiger charge is -2.15. The lowest BCUT2D eigenvalue weighted by Crippen LogP contribution is -2.11. The predicted octanol–water partition coefficient (Wildman–Crippen LogP) is 4.15. The molecule has 0 amide bonds. The maximum atomic E-state index is 9.21. The fourth-order valence-electron chi connectivity index (χ4n) is 3.25. The molecule has 1 N–H and O–H groups in total. The minimum Gasteiger partial charge on any atom is -0.346 e. The van der Waals surface area contributed by atoms with Crippen molar-refractivity contribution in [3.63, 3.8) is 0 Å². The van der Waals surface area contributed by atoms with Gasteiger partial charge in [-0.15, -0.1) is 0 Å². The number of aromatic nitrogens is 5. The van der Waals surface area contributed by atoms with Crippen LogP contribution < -0.4 is 0 Å². The number of allylic oxidation sites excluding steroid dienone is 2. The Kier molecular flexibility index (Phi) is 3.90. The van der Waals surface area contributed by atoms with E-state index in [0.29, 0.717) is 6.42 Å². The summed E-state index contributed by atoms with van der Waals surface area (Å²) in [5, 5.41) is 14.8. The molecule has 0 bridgehead atoms. The Morgan fingerprint density at radius 2 is 2.33 bits per heavy atom. The van der Waals surface area contributed by atoms with Crippen molar-refractivity contribution in [2.24, 2.45) is 0 Å². The Hall–Kier alpha value is -2.46. The fraction of sp³-hybridized carbons (Fsp3) is 0.294. The second kappa shape index (κ2) is 6.21. The molecule has 3 aromatic heterocycles. The molecule has 0 saturated heterocycles. The van der Waals surface area contributed by atoms with Crippen LogP contribution in [0, 0.1) is 11.3 Å². The molecule has 0 radical (unpaired) electrons. The Morgan fingerprint density at radius 3 is 3.12 bits per heavy atom. The van der Waals surface area contributed by atoms with E-state index in [1.54, 1.807) is 6.33 Å². The number of fused-ring (bicyclic) bond motifs is 1. The topological polar surface area (TPSA) is 83.2 Å². The van der Waals surface area contributed by atoms with Gasteiger partial charge in [-0.2, -0.15) is 10.4 Å². The van der Waals surface area contributed by atoms with Crippen LogP contribution in [0.5, 0.6) is 0 Å². The van der Waals surface area contributed by atoms with Crippen molar-refractivity contribution in [3.8, 4) is 17.3 Å². The Morgan fingerprint density at radius 1 is 1.42 bits per heavy atom. The van der Waals surface area contributed by atoms with Gasteiger partial charge >= 0.3 is 0 Å². The van der Waals surface area contributed by atoms with Gasteiger partial charge in [0, 0.05) is 17.8 Å². The summed E-state index contributed by atoms with van der Waals surface area (Å²) in [4.78, 5) is 11.8. The molecule has 4 rings (SSSR count). The van der Waals surface area contributed by atoms with Crippen LogP contribution in [0.3, 0.4) is 0 Å². The summed E-state index contributed by atoms with van der Waals surface area (Å²) in [5.74, 6) is 0. The highest BCUT2D eigenvalue weighted by Gasteiger charge is 2.22. The normalized spacial score (nSPS) is 15.4. The number of hydrogen-bond acceptors (Lipinski definition) is 4. The third-order valence-corrected chi connectivity index (χ3v) is 4.99. The highest BCUT2D eigenvalue weighted by molar-refractivity contribution is 9.10. The Bertz CT molecular complexity index is 961. The summed E-state index contributed by atoms with van der Waals surface area (Å²) in [5.41, 5.74) is 3.83. The molecular formula is C17H15BrN6. The van der Waals surface area contributed by atoms with Crippen molar-refractivity contribution in [2.75, 3.05) is 0 Å². The first-order valence-corrected chi connectivity index (χ1v) is 8.66. The van der Waals surface area contributed by atoms with Crippen LogP contribution >= 0.6 is 15.9 Å². The molecule has 0 aliphatic heterocycles. The molecule has 6 nitrogen and oxygen atoms in total. The van der Waals surface area contributed by atoms with Crippen molar-refractivity contribution in [1.82, 2.24) is 24.7 Å². The van der Waals surface area contributed by atoms with Crippen molar-refractivity contribution >= 4 is 27.0 Å². The van der Waals surface area contributed by atoms with E-state index in [4.69, 9.17) is 0 Å². The van der Waals surface area contributed by atoms with Gasteiger partial charge in [-0.05, 0) is 46.8 Å². The average Bonchev–Trinajstić information content (AvgIpc) is 3.32. The van der Waals surface area contributed by atoms with Gasteiger partial charge in [-0.3, -0.25) is 4.68 Å². The first-order chi connectivity index (χ1) is 11.8. The minimum absolute atomic E-state index is 0.00824. The number of nitriles is 1. The van der Waals surface area contributed by atoms with Gasteiger partial charge in [0.1, 0.15) is 16.6 Å². The quantitative estimate of drug-likeness (QED) is 0.686. The largest absolute Gasteiger partial charge is 0.346 e. The van der Waals surface area contributed by atoms with Crippen molar-refractivity contribution in [1.29, 1.82) is 5.26 Å². The summed E-state index contributed by atoms with van der Waals surface area (Å²) in [6.45, 7) is 0. The van der Waals surface area contributed by atoms with Crippen LogP contribution in [0.1, 0.15) is 31.7 Å². The summed E-state index contributed by atoms with van der Waals surface area (Å²) in [6, 6.07) is 4.24. The van der Waals surface area contributed by atoms with Gasteiger partial charge in [0.15, 0.2) is 0 Å². The van der Waals surface area contributed by atoms with Crippen molar-refractivity contribution < 1.29 is 0 Å². The number of nitrogens with one attached hydrogen (secondary N) is 1. The van der Waals surface area contributed by atoms with E-state index >= 15 is 0 Å². The molecule has 1 unspecified atom stereocenters. The fourth-order valence-corrected chi connectivity index (χ4v) is 3.73. The lowest BCUT2D eigenvalue weighted by atomic mass is 10.0. The van der Waals surface area contributed by atoms with Crippen LogP contribution in [0.25, 0.3) is 22.3 Å². The molecular weight excluding hydrogens is 368 g/mol. The highest BCUT2D eigenvalue weighted by atomic mass is 79.9. The molecule has 1 aliphatic carbocycles. The molecule has 3 heterocycles. The van der Waals surface area contributed by atoms with Crippen LogP contribution in [0.2, 0.25) is 0 Å². The molecule has 0 saturated carbocycles. The molecule has 1 atom stereocenters. The maximum Gasteiger partial charge on any atom is 0.141 e. The smallest absolute Gasteiger partial charge is 0.141 e. The summed E-state index contributed by atoms with van der Waals surface area (Å²) in [7, 11) is 0. The number of H-pyrrole nitrogens is 1. The van der Waals surface area contributed by atoms with E-state index in [2.05, 4.69) is 48.1 Å². The number of aromatic amines is 1. The zero-order valence-electron chi connectivity index (χ0n) is 12.9. The van der Waals surface area contributed by atoms with E-state index in [1.165, 1.54) is 5.57 Å². The standard InChI is InChI=1S/C17H15BrN6/c18-16-13(15-12-6-8-20-17(12)22-10-21-15)9-24(23-16)14(5-7-19)11-3-1-2-4-11/h3,6,8-10,14H,1-2,4-5H2,(H,20,21,22). The third-order valence-electron chi connectivity index (χ3n) is 4.40. The molecule has 3 aromatic rings. The molecule has 120 valence electrons. The SMILES string of the molecule is N#CCC(C1=CCCC1)n1cc(-c2ncnc3[nH]ccc23)c(Br)n1. The van der Waals surface area contributed by atoms with E-state index < -0.39 is 0 Å². The van der Waals surface area contributed by atoms with Crippen molar-refractivity contribution in [2.45, 2.75) is 31.7 Å². The second-order valence-corrected chi connectivity index (χ2v) is 6.58. The second-order valence-electron chi connectivity index (χ2n) is 5.83. The van der Waals surface area contributed by atoms with Gasteiger partial charge in [0.05, 0.1) is 29.8 Å². The van der Waals surface area contributed by atoms with Gasteiger partial charge in [-0.25, -0.2) is 9.97 Å². The summed E-state index contributed by atoms with van der Waals surface area (Å²) in [6.07, 6.45) is 11.3. The summed E-state index contributed by atoms with van der Waals surface area (Å²) >= 11 is 3.55. The van der Waals surface area contributed by atoms with E-state index in [9.17, 15) is 5.26 Å². The van der Waals surface area contributed by atoms with Crippen LogP contribution in [0.4, 0.5) is 0 Å². The van der Waals surface area contributed by atoms with Gasteiger partial charge in [0.2, 0.25) is 0 Å². The molecule has 0 spiro atoms. The van der Waals surface area contributed by atoms with Gasteiger partial charge in [-0.1, -0.05) is 6.08 Å². The zero-order valence-corrected chi connectivity index (χ0v) is 14.5. The Labute approximate surface area is 147 Å². The number of rotatable bonds is 4. The third kappa shape index (κ3) is 2.53. The molecule has 7 heteroatoms. The summed E-state index contributed by atoms with van der Waals surface area (Å²) < 4.78 is 2.62. The molecule has 24 heavy (non-hydrogen) atoms. The average molecular weight is 383 g/mol. The lowest BCUT2D eigenvalue weighted by molar-refractivity contribution is 0.510. The number of hydrogen-bond donors (Lipinski definition) is 1. The van der Waals surface area contributed by atoms with Crippen molar-refractivity contribution in [3.05, 3.63) is 41.0 Å². The van der Waals surface area contributed by atoms with Gasteiger partial charge in [0.25, 0.3) is 0 Å². The molecule has 0 fully saturated rings. The molecule has 0 aromatic carbocycles. The van der Waals surface area contributed by atoms with Gasteiger partial charge < -0.3 is 4.98 Å². The first kappa shape index (κ1) is 15.1. The number of halogens is 1. The Balaban J connectivity index is 1.79. The minimum atomic E-state index is -0.00824. The van der Waals surface area contributed by atoms with E-state index in [-0.39, 0.29) is 6.04 Å². The zero-order chi connectivity index (χ0) is 16.5. The van der Waals surface area contributed by atoms with E-state index in [0.717, 1.165) is 46.2 Å². The number of nitrogens with zero attached hydrogens (tertiary/aromatic N) is 5. The predicted molar refractivity (Wildman–Crippen MR) is 94.0 cm³/mol. The monoisotopic (exact) mass is 382 g/mol. The maximum absolute atomic E-state index is 9.21. The molecule has 1 aliphatic rings. The first-order valence-electron chi connectivity index (χ1n) is 7.87. The van der Waals surface area contributed by atoms with Crippen LogP contribution in [0.15, 0.2) is 41.0 Å². The van der Waals surface area contributed by atoms with Crippen LogP contribution in [-0.2, 0) is 0 Å². The van der Waals surface area contributed by atoms with E-state index in [1.807, 2.05) is 23.1 Å². The van der Waals surface area contributed by atoms with Crippen LogP contribution in [-0.4, -0.2) is 24.7 Å².